The Morgan fingerprint density at radius 1 is 0.977 bits per heavy atom. The maximum absolute atomic E-state index is 13.7. The predicted octanol–water partition coefficient (Wildman–Crippen LogP) is 3.56. The summed E-state index contributed by atoms with van der Waals surface area (Å²) in [6.45, 7) is 3.62. The monoisotopic (exact) mass is 610 g/mol. The topological polar surface area (TPSA) is 129 Å². The molecule has 232 valence electrons. The summed E-state index contributed by atoms with van der Waals surface area (Å²) in [4.78, 5) is 13.7. The minimum Gasteiger partial charge on any atom is -0.493 e. The predicted molar refractivity (Wildman–Crippen MR) is 170 cm³/mol. The van der Waals surface area contributed by atoms with E-state index in [0.717, 1.165) is 17.5 Å². The van der Waals surface area contributed by atoms with Gasteiger partial charge in [0.1, 0.15) is 0 Å². The van der Waals surface area contributed by atoms with Gasteiger partial charge in [-0.1, -0.05) is 36.4 Å². The fourth-order valence-corrected chi connectivity index (χ4v) is 6.79. The summed E-state index contributed by atoms with van der Waals surface area (Å²) in [5.74, 6) is 0.946. The molecule has 0 bridgehead atoms. The van der Waals surface area contributed by atoms with Crippen molar-refractivity contribution in [2.45, 2.75) is 44.9 Å². The summed E-state index contributed by atoms with van der Waals surface area (Å²) in [5.41, 5.74) is 3.35. The van der Waals surface area contributed by atoms with Crippen molar-refractivity contribution in [2.75, 3.05) is 49.2 Å². The quantitative estimate of drug-likeness (QED) is 0.218. The zero-order chi connectivity index (χ0) is 30.8. The Balaban J connectivity index is 1.52. The highest BCUT2D eigenvalue weighted by Crippen LogP contribution is 2.29. The Bertz CT molecular complexity index is 1470. The molecule has 0 aromatic heterocycles. The Labute approximate surface area is 254 Å². The van der Waals surface area contributed by atoms with Gasteiger partial charge in [0.05, 0.1) is 37.8 Å². The molecule has 1 aliphatic rings. The molecule has 0 aliphatic carbocycles. The van der Waals surface area contributed by atoms with Crippen LogP contribution in [-0.4, -0.2) is 71.2 Å². The van der Waals surface area contributed by atoms with Crippen LogP contribution in [0.3, 0.4) is 0 Å². The van der Waals surface area contributed by atoms with Gasteiger partial charge in [0, 0.05) is 37.4 Å². The number of sulfonamides is 1. The number of nitrogens with zero attached hydrogens (tertiary/aromatic N) is 1. The maximum atomic E-state index is 13.7. The Morgan fingerprint density at radius 3 is 2.44 bits per heavy atom. The fraction of sp³-hybridized carbons (Fsp3) is 0.406. The molecule has 0 saturated carbocycles. The average molecular weight is 611 g/mol. The van der Waals surface area contributed by atoms with Gasteiger partial charge >= 0.3 is 0 Å². The molecule has 1 amide bonds. The van der Waals surface area contributed by atoms with Gasteiger partial charge in [-0.25, -0.2) is 8.42 Å². The van der Waals surface area contributed by atoms with E-state index in [1.807, 2.05) is 55.5 Å². The zero-order valence-corrected chi connectivity index (χ0v) is 25.8. The molecule has 3 aromatic rings. The summed E-state index contributed by atoms with van der Waals surface area (Å²) in [6.07, 6.45) is 0.876. The molecule has 1 heterocycles. The molecular formula is C32H42N4O6S. The lowest BCUT2D eigenvalue weighted by molar-refractivity contribution is 0.0830. The number of hydrogen-bond donors (Lipinski definition) is 4. The molecule has 0 spiro atoms. The zero-order valence-electron chi connectivity index (χ0n) is 25.0. The van der Waals surface area contributed by atoms with Crippen LogP contribution in [0.4, 0.5) is 11.4 Å². The molecule has 1 fully saturated rings. The number of methoxy groups -OCH3 is 2. The highest BCUT2D eigenvalue weighted by atomic mass is 32.2. The highest BCUT2D eigenvalue weighted by Gasteiger charge is 2.28. The number of benzene rings is 3. The van der Waals surface area contributed by atoms with E-state index in [4.69, 9.17) is 9.47 Å². The van der Waals surface area contributed by atoms with Crippen LogP contribution in [0.25, 0.3) is 0 Å². The smallest absolute Gasteiger partial charge is 0.251 e. The summed E-state index contributed by atoms with van der Waals surface area (Å²) in [5, 5.41) is 20.8. The van der Waals surface area contributed by atoms with Gasteiger partial charge in [-0.05, 0) is 67.6 Å². The first-order valence-corrected chi connectivity index (χ1v) is 16.2. The Kier molecular flexibility index (Phi) is 11.3. The number of aliphatic hydroxyl groups excluding tert-OH is 1. The number of carbonyl (C=O) groups excluding carboxylic acids is 1. The van der Waals surface area contributed by atoms with E-state index in [9.17, 15) is 18.3 Å². The van der Waals surface area contributed by atoms with Gasteiger partial charge in [0.25, 0.3) is 5.91 Å². The molecule has 3 aromatic carbocycles. The van der Waals surface area contributed by atoms with Crippen LogP contribution in [0.5, 0.6) is 11.5 Å². The number of rotatable bonds is 14. The fourth-order valence-electron chi connectivity index (χ4n) is 5.17. The van der Waals surface area contributed by atoms with Crippen LogP contribution in [0.15, 0.2) is 66.7 Å². The molecule has 2 atom stereocenters. The van der Waals surface area contributed by atoms with E-state index >= 15 is 0 Å². The van der Waals surface area contributed by atoms with Crippen LogP contribution in [0.1, 0.15) is 41.3 Å². The lowest BCUT2D eigenvalue weighted by Gasteiger charge is -2.29. The first-order chi connectivity index (χ1) is 20.7. The second-order valence-corrected chi connectivity index (χ2v) is 12.6. The van der Waals surface area contributed by atoms with Crippen molar-refractivity contribution >= 4 is 27.3 Å². The second kappa shape index (κ2) is 15.1. The molecular weight excluding hydrogens is 568 g/mol. The van der Waals surface area contributed by atoms with E-state index in [0.29, 0.717) is 60.9 Å². The second-order valence-electron chi connectivity index (χ2n) is 10.6. The molecule has 4 N–H and O–H groups in total. The van der Waals surface area contributed by atoms with Crippen molar-refractivity contribution in [1.82, 2.24) is 10.6 Å². The molecule has 0 unspecified atom stereocenters. The van der Waals surface area contributed by atoms with Gasteiger partial charge in [-0.3, -0.25) is 9.10 Å². The van der Waals surface area contributed by atoms with Crippen molar-refractivity contribution < 1.29 is 27.8 Å². The average Bonchev–Trinajstić information content (AvgIpc) is 3.00. The standard InChI is InChI=1S/C32H42N4O6S/c1-4-34-26-18-25(19-27(20-26)36-14-8-9-15-43(36,39)40)32(38)35-28(16-23-10-6-5-7-11-23)29(37)22-33-21-24-12-13-30(41-2)31(17-24)42-3/h5-7,10-13,17-20,28-29,33-34,37H,4,8-9,14-16,21-22H2,1-3H3,(H,35,38)/t28-,29+/m0/s1. The molecule has 11 heteroatoms. The van der Waals surface area contributed by atoms with Crippen molar-refractivity contribution in [3.8, 4) is 11.5 Å². The highest BCUT2D eigenvalue weighted by molar-refractivity contribution is 7.92. The van der Waals surface area contributed by atoms with Gasteiger partial charge in [-0.15, -0.1) is 0 Å². The third kappa shape index (κ3) is 8.62. The lowest BCUT2D eigenvalue weighted by atomic mass is 10.00. The van der Waals surface area contributed by atoms with Crippen LogP contribution in [0.2, 0.25) is 0 Å². The molecule has 1 saturated heterocycles. The van der Waals surface area contributed by atoms with Gasteiger partial charge < -0.3 is 30.5 Å². The number of aliphatic hydroxyl groups is 1. The number of ether oxygens (including phenoxy) is 2. The van der Waals surface area contributed by atoms with Crippen molar-refractivity contribution in [3.63, 3.8) is 0 Å². The summed E-state index contributed by atoms with van der Waals surface area (Å²) >= 11 is 0. The van der Waals surface area contributed by atoms with E-state index in [2.05, 4.69) is 16.0 Å². The Hall–Kier alpha value is -3.80. The van der Waals surface area contributed by atoms with Crippen molar-refractivity contribution in [1.29, 1.82) is 0 Å². The first kappa shape index (κ1) is 32.1. The van der Waals surface area contributed by atoms with Crippen LogP contribution < -0.4 is 29.7 Å². The normalized spacial score (nSPS) is 15.8. The van der Waals surface area contributed by atoms with Gasteiger partial charge in [-0.2, -0.15) is 0 Å². The van der Waals surface area contributed by atoms with Crippen molar-refractivity contribution in [3.05, 3.63) is 83.4 Å². The summed E-state index contributed by atoms with van der Waals surface area (Å²) in [7, 11) is -0.294. The number of hydrogen-bond acceptors (Lipinski definition) is 8. The summed E-state index contributed by atoms with van der Waals surface area (Å²) in [6, 6.07) is 19.7. The van der Waals surface area contributed by atoms with Crippen molar-refractivity contribution in [2.24, 2.45) is 0 Å². The minimum absolute atomic E-state index is 0.0849. The number of carbonyl (C=O) groups is 1. The van der Waals surface area contributed by atoms with E-state index in [1.165, 1.54) is 4.31 Å². The number of amides is 1. The molecule has 10 nitrogen and oxygen atoms in total. The summed E-state index contributed by atoms with van der Waals surface area (Å²) < 4.78 is 37.7. The third-order valence-electron chi connectivity index (χ3n) is 7.41. The number of nitrogens with one attached hydrogen (secondary N) is 3. The number of anilines is 2. The van der Waals surface area contributed by atoms with E-state index < -0.39 is 28.1 Å². The largest absolute Gasteiger partial charge is 0.493 e. The molecule has 43 heavy (non-hydrogen) atoms. The van der Waals surface area contributed by atoms with Gasteiger partial charge in [0.2, 0.25) is 10.0 Å². The minimum atomic E-state index is -3.46. The van der Waals surface area contributed by atoms with E-state index in [1.54, 1.807) is 32.4 Å². The Morgan fingerprint density at radius 2 is 1.74 bits per heavy atom. The van der Waals surface area contributed by atoms with E-state index in [-0.39, 0.29) is 12.3 Å². The van der Waals surface area contributed by atoms with Crippen LogP contribution in [-0.2, 0) is 23.0 Å². The van der Waals surface area contributed by atoms with Crippen LogP contribution in [0, 0.1) is 0 Å². The molecule has 0 radical (unpaired) electrons. The maximum Gasteiger partial charge on any atom is 0.251 e. The molecule has 4 rings (SSSR count). The first-order valence-electron chi connectivity index (χ1n) is 14.6. The van der Waals surface area contributed by atoms with Crippen LogP contribution >= 0.6 is 0 Å². The SMILES string of the molecule is CCNc1cc(C(=O)N[C@@H](Cc2ccccc2)[C@H](O)CNCc2ccc(OC)c(OC)c2)cc(N2CCCCS2(=O)=O)c1. The molecule has 1 aliphatic heterocycles. The third-order valence-corrected chi connectivity index (χ3v) is 9.28. The van der Waals surface area contributed by atoms with Gasteiger partial charge in [0.15, 0.2) is 11.5 Å². The lowest BCUT2D eigenvalue weighted by Crippen LogP contribution is -2.48.